The number of hydrogen-bond acceptors (Lipinski definition) is 4. The molecule has 22 heavy (non-hydrogen) atoms. The summed E-state index contributed by atoms with van der Waals surface area (Å²) in [6.45, 7) is 4.66. The van der Waals surface area contributed by atoms with Crippen LogP contribution in [0.2, 0.25) is 0 Å². The van der Waals surface area contributed by atoms with Crippen molar-refractivity contribution in [1.29, 1.82) is 0 Å². The zero-order chi connectivity index (χ0) is 15.7. The highest BCUT2D eigenvalue weighted by Gasteiger charge is 2.34. The Bertz CT molecular complexity index is 560. The number of carbonyl (C=O) groups excluding carboxylic acids is 1. The minimum Gasteiger partial charge on any atom is -0.366 e. The van der Waals surface area contributed by atoms with Crippen LogP contribution in [-0.4, -0.2) is 49.6 Å². The van der Waals surface area contributed by atoms with Gasteiger partial charge in [-0.2, -0.15) is 0 Å². The number of carbonyl (C=O) groups is 1. The lowest BCUT2D eigenvalue weighted by Crippen LogP contribution is -2.52. The van der Waals surface area contributed by atoms with Gasteiger partial charge in [0.15, 0.2) is 11.6 Å². The zero-order valence-corrected chi connectivity index (χ0v) is 12.5. The summed E-state index contributed by atoms with van der Waals surface area (Å²) in [7, 11) is 0. The predicted molar refractivity (Wildman–Crippen MR) is 79.2 cm³/mol. The maximum Gasteiger partial charge on any atom is 0.228 e. The molecule has 3 rings (SSSR count). The summed E-state index contributed by atoms with van der Waals surface area (Å²) in [5, 5.41) is 0. The monoisotopic (exact) mass is 310 g/mol. The third-order valence-corrected chi connectivity index (χ3v) is 4.44. The number of nitrogens with one attached hydrogen (secondary N) is 2. The van der Waals surface area contributed by atoms with Crippen LogP contribution in [0.25, 0.3) is 0 Å². The van der Waals surface area contributed by atoms with Gasteiger partial charge in [-0.3, -0.25) is 15.6 Å². The largest absolute Gasteiger partial charge is 0.366 e. The van der Waals surface area contributed by atoms with Crippen molar-refractivity contribution in [2.24, 2.45) is 5.92 Å². The first kappa shape index (κ1) is 15.2. The maximum atomic E-state index is 13.8. The Balaban J connectivity index is 1.63. The Morgan fingerprint density at radius 3 is 2.59 bits per heavy atom. The molecule has 0 bridgehead atoms. The lowest BCUT2D eigenvalue weighted by molar-refractivity contribution is -0.135. The molecule has 1 aromatic rings. The minimum absolute atomic E-state index is 0.0718. The highest BCUT2D eigenvalue weighted by atomic mass is 19.2. The summed E-state index contributed by atoms with van der Waals surface area (Å²) in [5.74, 6) is -1.62. The summed E-state index contributed by atoms with van der Waals surface area (Å²) in [5.41, 5.74) is 6.30. The van der Waals surface area contributed by atoms with Gasteiger partial charge >= 0.3 is 0 Å². The van der Waals surface area contributed by atoms with E-state index in [2.05, 4.69) is 10.9 Å². The molecule has 1 aromatic carbocycles. The first-order valence-corrected chi connectivity index (χ1v) is 7.54. The molecule has 2 aliphatic heterocycles. The van der Waals surface area contributed by atoms with Crippen LogP contribution in [0.3, 0.4) is 0 Å². The number of benzene rings is 1. The van der Waals surface area contributed by atoms with E-state index in [1.165, 1.54) is 6.07 Å². The number of halogens is 2. The average Bonchev–Trinajstić information content (AvgIpc) is 2.96. The Hall–Kier alpha value is -1.73. The van der Waals surface area contributed by atoms with Crippen molar-refractivity contribution in [2.45, 2.75) is 13.0 Å². The van der Waals surface area contributed by atoms with Crippen molar-refractivity contribution in [3.63, 3.8) is 0 Å². The van der Waals surface area contributed by atoms with Crippen molar-refractivity contribution < 1.29 is 13.6 Å². The SMILES string of the molecule is CC1NNCC1C(=O)N1CCN(c2cccc(F)c2F)CC1. The first-order chi connectivity index (χ1) is 10.6. The van der Waals surface area contributed by atoms with E-state index in [9.17, 15) is 13.6 Å². The van der Waals surface area contributed by atoms with E-state index in [1.807, 2.05) is 11.8 Å². The summed E-state index contributed by atoms with van der Waals surface area (Å²) >= 11 is 0. The smallest absolute Gasteiger partial charge is 0.228 e. The van der Waals surface area contributed by atoms with Crippen LogP contribution in [0.4, 0.5) is 14.5 Å². The number of rotatable bonds is 2. The molecule has 0 saturated carbocycles. The quantitative estimate of drug-likeness (QED) is 0.845. The molecule has 7 heteroatoms. The third-order valence-electron chi connectivity index (χ3n) is 4.44. The topological polar surface area (TPSA) is 47.6 Å². The number of piperazine rings is 1. The Labute approximate surface area is 128 Å². The van der Waals surface area contributed by atoms with Crippen LogP contribution >= 0.6 is 0 Å². The molecule has 0 spiro atoms. The van der Waals surface area contributed by atoms with Crippen LogP contribution in [0, 0.1) is 17.6 Å². The van der Waals surface area contributed by atoms with Crippen molar-refractivity contribution in [3.05, 3.63) is 29.8 Å². The molecule has 120 valence electrons. The number of anilines is 1. The molecule has 2 heterocycles. The Morgan fingerprint density at radius 1 is 1.23 bits per heavy atom. The first-order valence-electron chi connectivity index (χ1n) is 7.54. The van der Waals surface area contributed by atoms with Gasteiger partial charge in [-0.15, -0.1) is 0 Å². The third kappa shape index (κ3) is 2.78. The summed E-state index contributed by atoms with van der Waals surface area (Å²) in [6, 6.07) is 4.29. The number of hydrogen-bond donors (Lipinski definition) is 2. The molecule has 1 amide bonds. The Morgan fingerprint density at radius 2 is 1.95 bits per heavy atom. The molecule has 2 N–H and O–H groups in total. The second-order valence-electron chi connectivity index (χ2n) is 5.81. The number of nitrogens with zero attached hydrogens (tertiary/aromatic N) is 2. The van der Waals surface area contributed by atoms with Crippen molar-refractivity contribution in [2.75, 3.05) is 37.6 Å². The van der Waals surface area contributed by atoms with Gasteiger partial charge in [0.2, 0.25) is 5.91 Å². The van der Waals surface area contributed by atoms with E-state index in [1.54, 1.807) is 11.0 Å². The van der Waals surface area contributed by atoms with E-state index < -0.39 is 11.6 Å². The number of amides is 1. The molecule has 0 aliphatic carbocycles. The fourth-order valence-corrected chi connectivity index (χ4v) is 3.05. The van der Waals surface area contributed by atoms with Crippen LogP contribution in [0.15, 0.2) is 18.2 Å². The number of hydrazine groups is 1. The molecule has 0 radical (unpaired) electrons. The Kier molecular flexibility index (Phi) is 4.26. The molecule has 0 aromatic heterocycles. The lowest BCUT2D eigenvalue weighted by Gasteiger charge is -2.37. The van der Waals surface area contributed by atoms with Crippen molar-refractivity contribution in [3.8, 4) is 0 Å². The second kappa shape index (κ2) is 6.18. The van der Waals surface area contributed by atoms with Crippen molar-refractivity contribution >= 4 is 11.6 Å². The van der Waals surface area contributed by atoms with Gasteiger partial charge in [0.05, 0.1) is 11.6 Å². The van der Waals surface area contributed by atoms with Crippen LogP contribution < -0.4 is 15.8 Å². The molecule has 2 saturated heterocycles. The minimum atomic E-state index is -0.840. The lowest BCUT2D eigenvalue weighted by atomic mass is 10.0. The maximum absolute atomic E-state index is 13.8. The van der Waals surface area contributed by atoms with Gasteiger partial charge in [-0.25, -0.2) is 8.78 Å². The van der Waals surface area contributed by atoms with Crippen molar-refractivity contribution in [1.82, 2.24) is 15.8 Å². The second-order valence-corrected chi connectivity index (χ2v) is 5.81. The normalized spacial score (nSPS) is 25.6. The van der Waals surface area contributed by atoms with Gasteiger partial charge in [-0.05, 0) is 19.1 Å². The van der Waals surface area contributed by atoms with E-state index in [0.29, 0.717) is 32.7 Å². The van der Waals surface area contributed by atoms with Crippen LogP contribution in [-0.2, 0) is 4.79 Å². The highest BCUT2D eigenvalue weighted by Crippen LogP contribution is 2.23. The highest BCUT2D eigenvalue weighted by molar-refractivity contribution is 5.80. The van der Waals surface area contributed by atoms with Gasteiger partial charge in [0.25, 0.3) is 0 Å². The summed E-state index contributed by atoms with van der Waals surface area (Å²) < 4.78 is 27.1. The van der Waals surface area contributed by atoms with Gasteiger partial charge < -0.3 is 9.80 Å². The van der Waals surface area contributed by atoms with E-state index >= 15 is 0 Å². The molecular weight excluding hydrogens is 290 g/mol. The molecular formula is C15H20F2N4O. The van der Waals surface area contributed by atoms with E-state index in [-0.39, 0.29) is 23.6 Å². The van der Waals surface area contributed by atoms with E-state index in [0.717, 1.165) is 6.07 Å². The molecule has 2 unspecified atom stereocenters. The fraction of sp³-hybridized carbons (Fsp3) is 0.533. The molecule has 5 nitrogen and oxygen atoms in total. The van der Waals surface area contributed by atoms with Gasteiger partial charge in [0, 0.05) is 38.8 Å². The van der Waals surface area contributed by atoms with E-state index in [4.69, 9.17) is 0 Å². The fourth-order valence-electron chi connectivity index (χ4n) is 3.05. The summed E-state index contributed by atoms with van der Waals surface area (Å²) in [4.78, 5) is 16.1. The summed E-state index contributed by atoms with van der Waals surface area (Å²) in [6.07, 6.45) is 0. The van der Waals surface area contributed by atoms with Crippen LogP contribution in [0.1, 0.15) is 6.92 Å². The van der Waals surface area contributed by atoms with Gasteiger partial charge in [0.1, 0.15) is 0 Å². The molecule has 2 fully saturated rings. The molecule has 2 aliphatic rings. The average molecular weight is 310 g/mol. The predicted octanol–water partition coefficient (Wildman–Crippen LogP) is 0.726. The van der Waals surface area contributed by atoms with Crippen LogP contribution in [0.5, 0.6) is 0 Å². The van der Waals surface area contributed by atoms with Gasteiger partial charge in [-0.1, -0.05) is 6.07 Å². The standard InChI is InChI=1S/C15H20F2N4O/c1-10-11(9-18-19-10)15(22)21-7-5-20(6-8-21)13-4-2-3-12(16)14(13)17/h2-4,10-11,18-19H,5-9H2,1H3. The zero-order valence-electron chi connectivity index (χ0n) is 12.5. The molecule has 2 atom stereocenters.